The molecule has 4 heteroatoms. The second-order valence-corrected chi connectivity index (χ2v) is 6.45. The molecule has 0 atom stereocenters. The first-order chi connectivity index (χ1) is 11.3. The molecule has 118 valence electrons. The molecular formula is C19H21N3O. The van der Waals surface area contributed by atoms with Crippen LogP contribution in [0.15, 0.2) is 36.5 Å². The average molecular weight is 307 g/mol. The maximum absolute atomic E-state index is 12.6. The number of amides is 1. The van der Waals surface area contributed by atoms with Gasteiger partial charge in [0.25, 0.3) is 5.91 Å². The zero-order chi connectivity index (χ0) is 15.6. The number of nitrogens with one attached hydrogen (secondary N) is 2. The third-order valence-corrected chi connectivity index (χ3v) is 4.80. The molecular weight excluding hydrogens is 286 g/mol. The summed E-state index contributed by atoms with van der Waals surface area (Å²) in [5.41, 5.74) is 2.48. The summed E-state index contributed by atoms with van der Waals surface area (Å²) < 4.78 is 0. The van der Waals surface area contributed by atoms with Gasteiger partial charge in [-0.25, -0.2) is 0 Å². The SMILES string of the molecule is O=C(NC1CCCCCC1)c1cc2ccc3cccnc3c2[nH]1. The molecule has 0 saturated heterocycles. The molecule has 1 saturated carbocycles. The Morgan fingerprint density at radius 3 is 2.70 bits per heavy atom. The molecule has 4 rings (SSSR count). The van der Waals surface area contributed by atoms with Crippen LogP contribution >= 0.6 is 0 Å². The lowest BCUT2D eigenvalue weighted by Gasteiger charge is -2.15. The number of nitrogens with zero attached hydrogens (tertiary/aromatic N) is 1. The van der Waals surface area contributed by atoms with Gasteiger partial charge in [-0.15, -0.1) is 0 Å². The zero-order valence-corrected chi connectivity index (χ0v) is 13.1. The molecule has 3 aromatic rings. The number of aromatic amines is 1. The molecule has 0 unspecified atom stereocenters. The maximum Gasteiger partial charge on any atom is 0.267 e. The number of aromatic nitrogens is 2. The fourth-order valence-electron chi connectivity index (χ4n) is 3.55. The van der Waals surface area contributed by atoms with E-state index in [0.717, 1.165) is 34.6 Å². The number of fused-ring (bicyclic) bond motifs is 3. The third kappa shape index (κ3) is 2.81. The highest BCUT2D eigenvalue weighted by molar-refractivity contribution is 6.07. The molecule has 0 spiro atoms. The summed E-state index contributed by atoms with van der Waals surface area (Å²) in [7, 11) is 0. The Hall–Kier alpha value is -2.36. The van der Waals surface area contributed by atoms with Gasteiger partial charge in [-0.3, -0.25) is 9.78 Å². The van der Waals surface area contributed by atoms with E-state index in [-0.39, 0.29) is 5.91 Å². The Morgan fingerprint density at radius 1 is 1.09 bits per heavy atom. The van der Waals surface area contributed by atoms with Crippen LogP contribution in [0.3, 0.4) is 0 Å². The molecule has 1 fully saturated rings. The molecule has 0 aliphatic heterocycles. The Balaban J connectivity index is 1.63. The van der Waals surface area contributed by atoms with Crippen LogP contribution in [0.1, 0.15) is 49.0 Å². The highest BCUT2D eigenvalue weighted by Crippen LogP contribution is 2.24. The predicted molar refractivity (Wildman–Crippen MR) is 92.6 cm³/mol. The number of carbonyl (C=O) groups excluding carboxylic acids is 1. The fraction of sp³-hybridized carbons (Fsp3) is 0.368. The van der Waals surface area contributed by atoms with Crippen molar-refractivity contribution < 1.29 is 4.79 Å². The van der Waals surface area contributed by atoms with Crippen molar-refractivity contribution in [1.29, 1.82) is 0 Å². The minimum Gasteiger partial charge on any atom is -0.349 e. The van der Waals surface area contributed by atoms with Crippen molar-refractivity contribution in [3.8, 4) is 0 Å². The van der Waals surface area contributed by atoms with Gasteiger partial charge in [0.2, 0.25) is 0 Å². The van der Waals surface area contributed by atoms with E-state index in [2.05, 4.69) is 15.3 Å². The summed E-state index contributed by atoms with van der Waals surface area (Å²) in [5, 5.41) is 5.30. The first-order valence-corrected chi connectivity index (χ1v) is 8.48. The first-order valence-electron chi connectivity index (χ1n) is 8.48. The Morgan fingerprint density at radius 2 is 1.87 bits per heavy atom. The minimum atomic E-state index is -0.00261. The van der Waals surface area contributed by atoms with Gasteiger partial charge in [-0.2, -0.15) is 0 Å². The number of pyridine rings is 1. The summed E-state index contributed by atoms with van der Waals surface area (Å²) in [6.45, 7) is 0. The quantitative estimate of drug-likeness (QED) is 0.698. The first kappa shape index (κ1) is 14.2. The molecule has 0 bridgehead atoms. The van der Waals surface area contributed by atoms with Gasteiger partial charge < -0.3 is 10.3 Å². The third-order valence-electron chi connectivity index (χ3n) is 4.80. The highest BCUT2D eigenvalue weighted by atomic mass is 16.1. The molecule has 1 aliphatic rings. The Kier molecular flexibility index (Phi) is 3.74. The minimum absolute atomic E-state index is 0.00261. The molecule has 1 aliphatic carbocycles. The van der Waals surface area contributed by atoms with E-state index in [1.165, 1.54) is 25.7 Å². The second-order valence-electron chi connectivity index (χ2n) is 6.45. The van der Waals surface area contributed by atoms with Crippen molar-refractivity contribution in [2.24, 2.45) is 0 Å². The number of hydrogen-bond donors (Lipinski definition) is 2. The van der Waals surface area contributed by atoms with Gasteiger partial charge in [0.05, 0.1) is 11.0 Å². The topological polar surface area (TPSA) is 57.8 Å². The molecule has 2 aromatic heterocycles. The molecule has 1 amide bonds. The number of hydrogen-bond acceptors (Lipinski definition) is 2. The van der Waals surface area contributed by atoms with Gasteiger partial charge >= 0.3 is 0 Å². The van der Waals surface area contributed by atoms with E-state index in [1.54, 1.807) is 6.20 Å². The van der Waals surface area contributed by atoms with E-state index in [1.807, 2.05) is 30.3 Å². The summed E-state index contributed by atoms with van der Waals surface area (Å²) >= 11 is 0. The molecule has 4 nitrogen and oxygen atoms in total. The smallest absolute Gasteiger partial charge is 0.267 e. The van der Waals surface area contributed by atoms with Gasteiger partial charge in [0.1, 0.15) is 5.69 Å². The van der Waals surface area contributed by atoms with Crippen LogP contribution in [-0.2, 0) is 0 Å². The summed E-state index contributed by atoms with van der Waals surface area (Å²) in [4.78, 5) is 20.3. The lowest BCUT2D eigenvalue weighted by atomic mass is 10.1. The van der Waals surface area contributed by atoms with Crippen molar-refractivity contribution in [1.82, 2.24) is 15.3 Å². The lowest BCUT2D eigenvalue weighted by Crippen LogP contribution is -2.34. The normalized spacial score (nSPS) is 16.5. The Labute approximate surface area is 135 Å². The second kappa shape index (κ2) is 6.03. The molecule has 0 radical (unpaired) electrons. The van der Waals surface area contributed by atoms with Crippen molar-refractivity contribution in [2.45, 2.75) is 44.6 Å². The van der Waals surface area contributed by atoms with Crippen molar-refractivity contribution >= 4 is 27.7 Å². The van der Waals surface area contributed by atoms with E-state index in [4.69, 9.17) is 0 Å². The summed E-state index contributed by atoms with van der Waals surface area (Å²) in [6.07, 6.45) is 8.98. The van der Waals surface area contributed by atoms with E-state index in [9.17, 15) is 4.79 Å². The van der Waals surface area contributed by atoms with Gasteiger partial charge in [-0.05, 0) is 25.0 Å². The van der Waals surface area contributed by atoms with Gasteiger partial charge in [0.15, 0.2) is 0 Å². The number of H-pyrrole nitrogens is 1. The molecule has 23 heavy (non-hydrogen) atoms. The van der Waals surface area contributed by atoms with Gasteiger partial charge in [-0.1, -0.05) is 43.9 Å². The van der Waals surface area contributed by atoms with Crippen LogP contribution < -0.4 is 5.32 Å². The van der Waals surface area contributed by atoms with Gasteiger partial charge in [0, 0.05) is 23.0 Å². The standard InChI is InChI=1S/C19H21N3O/c23-19(21-15-7-3-1-2-4-8-15)16-12-14-10-9-13-6-5-11-20-17(13)18(14)22-16/h5-6,9-12,15,22H,1-4,7-8H2,(H,21,23). The highest BCUT2D eigenvalue weighted by Gasteiger charge is 2.17. The number of benzene rings is 1. The molecule has 2 heterocycles. The van der Waals surface area contributed by atoms with Crippen LogP contribution in [0.4, 0.5) is 0 Å². The maximum atomic E-state index is 12.6. The predicted octanol–water partition coefficient (Wildman–Crippen LogP) is 4.17. The monoisotopic (exact) mass is 307 g/mol. The van der Waals surface area contributed by atoms with E-state index >= 15 is 0 Å². The van der Waals surface area contributed by atoms with Crippen LogP contribution in [-0.4, -0.2) is 21.9 Å². The summed E-state index contributed by atoms with van der Waals surface area (Å²) in [5.74, 6) is -0.00261. The van der Waals surface area contributed by atoms with Crippen molar-refractivity contribution in [3.63, 3.8) is 0 Å². The van der Waals surface area contributed by atoms with Crippen molar-refractivity contribution in [3.05, 3.63) is 42.2 Å². The lowest BCUT2D eigenvalue weighted by molar-refractivity contribution is 0.0929. The summed E-state index contributed by atoms with van der Waals surface area (Å²) in [6, 6.07) is 10.3. The van der Waals surface area contributed by atoms with Crippen LogP contribution in [0.2, 0.25) is 0 Å². The van der Waals surface area contributed by atoms with E-state index in [0.29, 0.717) is 11.7 Å². The van der Waals surface area contributed by atoms with Crippen molar-refractivity contribution in [2.75, 3.05) is 0 Å². The number of rotatable bonds is 2. The fourth-order valence-corrected chi connectivity index (χ4v) is 3.55. The number of carbonyl (C=O) groups is 1. The Bertz CT molecular complexity index is 844. The molecule has 2 N–H and O–H groups in total. The zero-order valence-electron chi connectivity index (χ0n) is 13.1. The van der Waals surface area contributed by atoms with Crippen LogP contribution in [0.25, 0.3) is 21.8 Å². The van der Waals surface area contributed by atoms with Crippen LogP contribution in [0.5, 0.6) is 0 Å². The largest absolute Gasteiger partial charge is 0.349 e. The average Bonchev–Trinajstić information content (AvgIpc) is 2.87. The van der Waals surface area contributed by atoms with Crippen LogP contribution in [0, 0.1) is 0 Å². The van der Waals surface area contributed by atoms with E-state index < -0.39 is 0 Å². The molecule has 1 aromatic carbocycles.